The molecule has 0 aliphatic carbocycles. The summed E-state index contributed by atoms with van der Waals surface area (Å²) in [6.07, 6.45) is 0.225. The molecule has 3 unspecified atom stereocenters. The Kier molecular flexibility index (Phi) is 8.93. The average Bonchev–Trinajstić information content (AvgIpc) is 3.39. The quantitative estimate of drug-likeness (QED) is 0.309. The molecule has 40 heavy (non-hydrogen) atoms. The van der Waals surface area contributed by atoms with Gasteiger partial charge in [-0.3, -0.25) is 14.7 Å². The SMILES string of the molecule is C=C1C2O[Si](C(C)C)(C(C)C)O[Si](C(C)C)(C(C)C)OCC2OC1n1cnc2c(OCC)nc(NC(C)=O)nc21. The molecule has 3 atom stereocenters. The Morgan fingerprint density at radius 1 is 1.10 bits per heavy atom. The third kappa shape index (κ3) is 5.27. The number of nitrogens with zero attached hydrogens (tertiary/aromatic N) is 4. The van der Waals surface area contributed by atoms with Gasteiger partial charge in [0.1, 0.15) is 12.2 Å². The van der Waals surface area contributed by atoms with Crippen LogP contribution in [-0.4, -0.2) is 68.0 Å². The molecule has 0 radical (unpaired) electrons. The minimum absolute atomic E-state index is 0.128. The molecule has 2 saturated heterocycles. The molecular formula is C27H45N5O6Si2. The number of hydrogen-bond acceptors (Lipinski definition) is 9. The topological polar surface area (TPSA) is 119 Å². The van der Waals surface area contributed by atoms with Gasteiger partial charge in [0, 0.05) is 12.5 Å². The first-order valence-electron chi connectivity index (χ1n) is 14.3. The van der Waals surface area contributed by atoms with Gasteiger partial charge in [-0.15, -0.1) is 0 Å². The highest BCUT2D eigenvalue weighted by Crippen LogP contribution is 2.49. The van der Waals surface area contributed by atoms with Crippen LogP contribution in [0.25, 0.3) is 11.2 Å². The molecule has 222 valence electrons. The maximum atomic E-state index is 11.8. The second kappa shape index (κ2) is 11.6. The Balaban J connectivity index is 1.80. The highest BCUT2D eigenvalue weighted by atomic mass is 28.5. The molecule has 0 bridgehead atoms. The summed E-state index contributed by atoms with van der Waals surface area (Å²) in [5.74, 6) is 0.127. The fraction of sp³-hybridized carbons (Fsp3) is 0.704. The molecule has 4 rings (SSSR count). The summed E-state index contributed by atoms with van der Waals surface area (Å²) >= 11 is 0. The van der Waals surface area contributed by atoms with Crippen LogP contribution in [0, 0.1) is 0 Å². The van der Waals surface area contributed by atoms with Crippen LogP contribution >= 0.6 is 0 Å². The summed E-state index contributed by atoms with van der Waals surface area (Å²) in [6.45, 7) is 26.0. The Morgan fingerprint density at radius 2 is 1.73 bits per heavy atom. The van der Waals surface area contributed by atoms with Crippen molar-refractivity contribution in [2.24, 2.45) is 0 Å². The number of ether oxygens (including phenoxy) is 2. The number of imidazole rings is 1. The molecule has 0 aromatic carbocycles. The molecule has 2 aliphatic heterocycles. The van der Waals surface area contributed by atoms with Gasteiger partial charge in [-0.1, -0.05) is 62.0 Å². The van der Waals surface area contributed by atoms with Crippen molar-refractivity contribution in [1.29, 1.82) is 0 Å². The smallest absolute Gasteiger partial charge is 0.335 e. The van der Waals surface area contributed by atoms with Crippen molar-refractivity contribution in [3.8, 4) is 5.88 Å². The second-order valence-corrected chi connectivity index (χ2v) is 20.8. The average molecular weight is 592 g/mol. The zero-order valence-electron chi connectivity index (χ0n) is 25.5. The molecule has 1 N–H and O–H groups in total. The zero-order valence-corrected chi connectivity index (χ0v) is 27.5. The summed E-state index contributed by atoms with van der Waals surface area (Å²) in [5.41, 5.74) is 2.51. The first-order valence-corrected chi connectivity index (χ1v) is 18.2. The predicted molar refractivity (Wildman–Crippen MR) is 158 cm³/mol. The van der Waals surface area contributed by atoms with E-state index in [1.165, 1.54) is 6.92 Å². The number of aromatic nitrogens is 4. The highest BCUT2D eigenvalue weighted by molar-refractivity contribution is 6.84. The van der Waals surface area contributed by atoms with E-state index in [9.17, 15) is 4.79 Å². The van der Waals surface area contributed by atoms with Crippen LogP contribution in [-0.2, 0) is 22.5 Å². The van der Waals surface area contributed by atoms with Crippen LogP contribution in [0.2, 0.25) is 22.2 Å². The number of rotatable bonds is 8. The van der Waals surface area contributed by atoms with E-state index >= 15 is 0 Å². The van der Waals surface area contributed by atoms with Crippen molar-refractivity contribution in [3.05, 3.63) is 18.5 Å². The van der Waals surface area contributed by atoms with Gasteiger partial charge in [0.25, 0.3) is 0 Å². The number of carbonyl (C=O) groups is 1. The van der Waals surface area contributed by atoms with Gasteiger partial charge in [0.05, 0.1) is 19.5 Å². The Morgan fingerprint density at radius 3 is 2.27 bits per heavy atom. The van der Waals surface area contributed by atoms with E-state index in [1.54, 1.807) is 10.9 Å². The van der Waals surface area contributed by atoms with Crippen LogP contribution in [0.5, 0.6) is 5.88 Å². The van der Waals surface area contributed by atoms with Gasteiger partial charge in [0.15, 0.2) is 17.4 Å². The van der Waals surface area contributed by atoms with Crippen LogP contribution in [0.15, 0.2) is 18.5 Å². The summed E-state index contributed by atoms with van der Waals surface area (Å²) in [5, 5.41) is 2.65. The molecule has 2 fully saturated rings. The number of amides is 1. The molecule has 0 spiro atoms. The van der Waals surface area contributed by atoms with Crippen LogP contribution in [0.4, 0.5) is 5.95 Å². The number of hydrogen-bond donors (Lipinski definition) is 1. The normalized spacial score (nSPS) is 24.6. The van der Waals surface area contributed by atoms with E-state index in [0.717, 1.165) is 5.57 Å². The van der Waals surface area contributed by atoms with Gasteiger partial charge in [-0.05, 0) is 29.1 Å². The minimum atomic E-state index is -2.85. The molecule has 2 aliphatic rings. The molecule has 1 amide bonds. The predicted octanol–water partition coefficient (Wildman–Crippen LogP) is 5.59. The summed E-state index contributed by atoms with van der Waals surface area (Å²) in [4.78, 5) is 25.2. The van der Waals surface area contributed by atoms with Gasteiger partial charge < -0.3 is 22.4 Å². The maximum absolute atomic E-state index is 11.8. The number of nitrogens with one attached hydrogen (secondary N) is 1. The van der Waals surface area contributed by atoms with E-state index in [2.05, 4.69) is 82.2 Å². The molecule has 11 nitrogen and oxygen atoms in total. The molecular weight excluding hydrogens is 546 g/mol. The summed E-state index contributed by atoms with van der Waals surface area (Å²) in [7, 11) is -5.55. The largest absolute Gasteiger partial charge is 0.476 e. The van der Waals surface area contributed by atoms with Crippen molar-refractivity contribution in [2.45, 2.75) is 110 Å². The second-order valence-electron chi connectivity index (χ2n) is 11.9. The highest BCUT2D eigenvalue weighted by Gasteiger charge is 2.60. The lowest BCUT2D eigenvalue weighted by molar-refractivity contribution is -0.114. The molecule has 4 heterocycles. The lowest BCUT2D eigenvalue weighted by Crippen LogP contribution is -2.65. The summed E-state index contributed by atoms with van der Waals surface area (Å²) < 4.78 is 35.5. The summed E-state index contributed by atoms with van der Waals surface area (Å²) in [6, 6.07) is 0. The van der Waals surface area contributed by atoms with E-state index in [-0.39, 0.29) is 46.0 Å². The van der Waals surface area contributed by atoms with Crippen molar-refractivity contribution in [2.75, 3.05) is 18.5 Å². The first-order chi connectivity index (χ1) is 18.8. The van der Waals surface area contributed by atoms with Gasteiger partial charge >= 0.3 is 17.1 Å². The van der Waals surface area contributed by atoms with E-state index < -0.39 is 29.5 Å². The maximum Gasteiger partial charge on any atom is 0.335 e. The van der Waals surface area contributed by atoms with Gasteiger partial charge in [0.2, 0.25) is 17.7 Å². The Hall–Kier alpha value is -2.17. The number of fused-ring (bicyclic) bond motifs is 2. The number of carbonyl (C=O) groups excluding carboxylic acids is 1. The third-order valence-electron chi connectivity index (χ3n) is 7.86. The van der Waals surface area contributed by atoms with Gasteiger partial charge in [-0.25, -0.2) is 4.98 Å². The monoisotopic (exact) mass is 591 g/mol. The lowest BCUT2D eigenvalue weighted by Gasteiger charge is -2.51. The van der Waals surface area contributed by atoms with E-state index in [1.807, 2.05) is 6.92 Å². The fourth-order valence-corrected chi connectivity index (χ4v) is 17.1. The molecule has 2 aromatic rings. The van der Waals surface area contributed by atoms with Crippen molar-refractivity contribution >= 4 is 40.1 Å². The standard InChI is InChI=1S/C27H45N5O6Si2/c1-12-34-25-22-24(30-27(31-25)29-20(11)33)32(14-28-22)26-19(10)23-21(36-26)13-35-39(15(2)3,16(4)5)38-40(37-23,17(6)7)18(8)9/h14-18,21,23,26H,10,12-13H2,1-9,11H3,(H,29,30,31,33). The van der Waals surface area contributed by atoms with E-state index in [0.29, 0.717) is 24.4 Å². The minimum Gasteiger partial charge on any atom is -0.476 e. The van der Waals surface area contributed by atoms with Crippen molar-refractivity contribution < 1.29 is 27.2 Å². The van der Waals surface area contributed by atoms with Gasteiger partial charge in [-0.2, -0.15) is 9.97 Å². The van der Waals surface area contributed by atoms with Crippen molar-refractivity contribution in [1.82, 2.24) is 19.5 Å². The molecule has 0 saturated carbocycles. The Labute approximate surface area is 239 Å². The molecule has 13 heteroatoms. The zero-order chi connectivity index (χ0) is 29.6. The first kappa shape index (κ1) is 30.8. The third-order valence-corrected chi connectivity index (χ3v) is 18.1. The lowest BCUT2D eigenvalue weighted by atomic mass is 10.1. The van der Waals surface area contributed by atoms with Crippen LogP contribution in [0.3, 0.4) is 0 Å². The van der Waals surface area contributed by atoms with Crippen molar-refractivity contribution in [3.63, 3.8) is 0 Å². The van der Waals surface area contributed by atoms with E-state index in [4.69, 9.17) is 22.4 Å². The van der Waals surface area contributed by atoms with Crippen LogP contribution < -0.4 is 10.1 Å². The Bertz CT molecular complexity index is 1230. The van der Waals surface area contributed by atoms with Crippen LogP contribution in [0.1, 0.15) is 75.5 Å². The number of anilines is 1. The molecule has 2 aromatic heterocycles. The fourth-order valence-electron chi connectivity index (χ4n) is 5.86.